The topological polar surface area (TPSA) is 85.1 Å². The Morgan fingerprint density at radius 2 is 1.92 bits per heavy atom. The average Bonchev–Trinajstić information content (AvgIpc) is 3.22. The molecule has 3 heterocycles. The normalized spacial score (nSPS) is 11.0. The fourth-order valence-corrected chi connectivity index (χ4v) is 3.21. The number of aryl methyl sites for hydroxylation is 2. The van der Waals surface area contributed by atoms with Crippen molar-refractivity contribution in [1.29, 1.82) is 0 Å². The highest BCUT2D eigenvalue weighted by Gasteiger charge is 2.17. The molecule has 1 aromatic carbocycles. The van der Waals surface area contributed by atoms with Gasteiger partial charge in [0.15, 0.2) is 5.13 Å². The zero-order valence-corrected chi connectivity index (χ0v) is 14.7. The first kappa shape index (κ1) is 16.3. The molecule has 4 aromatic rings. The number of aromatic nitrogens is 5. The number of hydrogen-bond donors (Lipinski definition) is 1. The summed E-state index contributed by atoms with van der Waals surface area (Å²) in [6, 6.07) is 7.86. The zero-order valence-electron chi connectivity index (χ0n) is 13.9. The van der Waals surface area contributed by atoms with E-state index in [0.717, 1.165) is 17.0 Å². The van der Waals surface area contributed by atoms with Crippen LogP contribution >= 0.6 is 11.3 Å². The summed E-state index contributed by atoms with van der Waals surface area (Å²) in [5.41, 5.74) is 3.07. The van der Waals surface area contributed by atoms with Crippen LogP contribution in [-0.2, 0) is 0 Å². The van der Waals surface area contributed by atoms with Gasteiger partial charge in [0.1, 0.15) is 5.82 Å². The molecule has 0 spiro atoms. The van der Waals surface area contributed by atoms with Crippen LogP contribution in [0.15, 0.2) is 35.7 Å². The lowest BCUT2D eigenvalue weighted by Gasteiger charge is -1.98. The Kier molecular flexibility index (Phi) is 3.92. The molecule has 0 aliphatic rings. The molecule has 0 saturated carbocycles. The third-order valence-corrected chi connectivity index (χ3v) is 4.44. The van der Waals surface area contributed by atoms with Crippen LogP contribution in [0.4, 0.5) is 9.52 Å². The van der Waals surface area contributed by atoms with Crippen molar-refractivity contribution in [3.05, 3.63) is 58.7 Å². The van der Waals surface area contributed by atoms with Gasteiger partial charge in [-0.25, -0.2) is 18.9 Å². The van der Waals surface area contributed by atoms with Gasteiger partial charge in [-0.05, 0) is 44.2 Å². The number of thiazole rings is 1. The Morgan fingerprint density at radius 3 is 2.69 bits per heavy atom. The van der Waals surface area contributed by atoms with Crippen molar-refractivity contribution in [2.75, 3.05) is 5.32 Å². The lowest BCUT2D eigenvalue weighted by Crippen LogP contribution is -2.13. The fraction of sp³-hybridized carbons (Fsp3) is 0.118. The highest BCUT2D eigenvalue weighted by atomic mass is 32.1. The van der Waals surface area contributed by atoms with Gasteiger partial charge in [-0.15, -0.1) is 16.4 Å². The predicted molar refractivity (Wildman–Crippen MR) is 95.7 cm³/mol. The first-order valence-electron chi connectivity index (χ1n) is 7.73. The Morgan fingerprint density at radius 1 is 1.15 bits per heavy atom. The number of hydrogen-bond acceptors (Lipinski definition) is 6. The molecule has 4 rings (SSSR count). The molecule has 0 bridgehead atoms. The molecule has 26 heavy (non-hydrogen) atoms. The van der Waals surface area contributed by atoms with E-state index in [-0.39, 0.29) is 11.6 Å². The van der Waals surface area contributed by atoms with E-state index in [1.165, 1.54) is 28.0 Å². The summed E-state index contributed by atoms with van der Waals surface area (Å²) >= 11 is 1.27. The van der Waals surface area contributed by atoms with Crippen molar-refractivity contribution >= 4 is 28.2 Å². The second-order valence-electron chi connectivity index (χ2n) is 5.69. The van der Waals surface area contributed by atoms with Crippen LogP contribution in [0.3, 0.4) is 0 Å². The van der Waals surface area contributed by atoms with Gasteiger partial charge in [-0.3, -0.25) is 10.1 Å². The van der Waals surface area contributed by atoms with E-state index in [0.29, 0.717) is 16.6 Å². The quantitative estimate of drug-likeness (QED) is 0.600. The first-order chi connectivity index (χ1) is 12.5. The number of nitrogens with one attached hydrogen (secondary N) is 1. The lowest BCUT2D eigenvalue weighted by atomic mass is 10.2. The van der Waals surface area contributed by atoms with Crippen molar-refractivity contribution in [1.82, 2.24) is 24.6 Å². The van der Waals surface area contributed by atoms with E-state index >= 15 is 0 Å². The molecular formula is C17H13FN6OS. The molecule has 0 radical (unpaired) electrons. The maximum Gasteiger partial charge on any atom is 0.297 e. The third-order valence-electron chi connectivity index (χ3n) is 3.69. The summed E-state index contributed by atoms with van der Waals surface area (Å²) < 4.78 is 14.5. The van der Waals surface area contributed by atoms with Crippen LogP contribution in [0.1, 0.15) is 22.0 Å². The Hall–Kier alpha value is -3.20. The molecule has 0 aliphatic heterocycles. The number of carbonyl (C=O) groups is 1. The molecular weight excluding hydrogens is 355 g/mol. The van der Waals surface area contributed by atoms with Crippen LogP contribution in [0.25, 0.3) is 17.0 Å². The van der Waals surface area contributed by atoms with Crippen molar-refractivity contribution in [3.63, 3.8) is 0 Å². The summed E-state index contributed by atoms with van der Waals surface area (Å²) in [6.45, 7) is 3.72. The number of amides is 1. The Balaban J connectivity index is 1.57. The SMILES string of the molecule is Cc1cc(C)n2nc(C(=O)Nc3nc(-c4ccc(F)cc4)cs3)nc2n1. The average molecular weight is 368 g/mol. The molecule has 0 saturated heterocycles. The Bertz CT molecular complexity index is 1120. The van der Waals surface area contributed by atoms with Crippen molar-refractivity contribution in [2.24, 2.45) is 0 Å². The standard InChI is InChI=1S/C17H13FN6OS/c1-9-7-10(2)24-16(19-9)21-14(23-24)15(25)22-17-20-13(8-26-17)11-3-5-12(18)6-4-11/h3-8H,1-2H3,(H,20,22,25). The molecule has 0 aliphatic carbocycles. The summed E-state index contributed by atoms with van der Waals surface area (Å²) in [5, 5.41) is 9.07. The highest BCUT2D eigenvalue weighted by Crippen LogP contribution is 2.25. The van der Waals surface area contributed by atoms with Crippen molar-refractivity contribution in [3.8, 4) is 11.3 Å². The van der Waals surface area contributed by atoms with E-state index in [2.05, 4.69) is 25.4 Å². The van der Waals surface area contributed by atoms with Crippen LogP contribution in [0.5, 0.6) is 0 Å². The maximum absolute atomic E-state index is 13.0. The van der Waals surface area contributed by atoms with Crippen molar-refractivity contribution in [2.45, 2.75) is 13.8 Å². The molecule has 9 heteroatoms. The third kappa shape index (κ3) is 3.04. The number of fused-ring (bicyclic) bond motifs is 1. The monoisotopic (exact) mass is 368 g/mol. The number of carbonyl (C=O) groups excluding carboxylic acids is 1. The number of nitrogens with zero attached hydrogens (tertiary/aromatic N) is 5. The van der Waals surface area contributed by atoms with Crippen LogP contribution in [0.2, 0.25) is 0 Å². The predicted octanol–water partition coefficient (Wildman–Crippen LogP) is 3.26. The van der Waals surface area contributed by atoms with Crippen molar-refractivity contribution < 1.29 is 9.18 Å². The first-order valence-corrected chi connectivity index (χ1v) is 8.61. The van der Waals surface area contributed by atoms with Crippen LogP contribution < -0.4 is 5.32 Å². The minimum Gasteiger partial charge on any atom is -0.295 e. The molecule has 0 fully saturated rings. The van der Waals surface area contributed by atoms with Gasteiger partial charge < -0.3 is 0 Å². The van der Waals surface area contributed by atoms with Crippen LogP contribution in [-0.4, -0.2) is 30.5 Å². The lowest BCUT2D eigenvalue weighted by molar-refractivity contribution is 0.101. The molecule has 130 valence electrons. The maximum atomic E-state index is 13.0. The zero-order chi connectivity index (χ0) is 18.3. The van der Waals surface area contributed by atoms with E-state index in [4.69, 9.17) is 0 Å². The molecule has 1 N–H and O–H groups in total. The molecule has 3 aromatic heterocycles. The van der Waals surface area contributed by atoms with Gasteiger partial charge in [-0.1, -0.05) is 0 Å². The van der Waals surface area contributed by atoms with E-state index in [9.17, 15) is 9.18 Å². The second kappa shape index (κ2) is 6.26. The van der Waals surface area contributed by atoms with Gasteiger partial charge in [0.25, 0.3) is 11.7 Å². The highest BCUT2D eigenvalue weighted by molar-refractivity contribution is 7.14. The van der Waals surface area contributed by atoms with E-state index in [1.54, 1.807) is 17.5 Å². The second-order valence-corrected chi connectivity index (χ2v) is 6.54. The van der Waals surface area contributed by atoms with Gasteiger partial charge in [-0.2, -0.15) is 4.98 Å². The number of benzene rings is 1. The molecule has 0 atom stereocenters. The van der Waals surface area contributed by atoms with Gasteiger partial charge in [0.05, 0.1) is 5.69 Å². The smallest absolute Gasteiger partial charge is 0.295 e. The molecule has 7 nitrogen and oxygen atoms in total. The largest absolute Gasteiger partial charge is 0.297 e. The van der Waals surface area contributed by atoms with E-state index < -0.39 is 5.91 Å². The minimum atomic E-state index is -0.465. The number of anilines is 1. The molecule has 1 amide bonds. The minimum absolute atomic E-state index is 0.0183. The van der Waals surface area contributed by atoms with Crippen LogP contribution in [0, 0.1) is 19.7 Å². The van der Waals surface area contributed by atoms with Gasteiger partial charge in [0, 0.05) is 22.3 Å². The number of halogens is 1. The molecule has 0 unspecified atom stereocenters. The Labute approximate surface area is 151 Å². The van der Waals surface area contributed by atoms with E-state index in [1.807, 2.05) is 19.9 Å². The number of rotatable bonds is 3. The summed E-state index contributed by atoms with van der Waals surface area (Å²) in [5.74, 6) is -0.384. The van der Waals surface area contributed by atoms with Gasteiger partial charge >= 0.3 is 0 Å². The fourth-order valence-electron chi connectivity index (χ4n) is 2.50. The summed E-state index contributed by atoms with van der Waals surface area (Å²) in [6.07, 6.45) is 0. The van der Waals surface area contributed by atoms with Gasteiger partial charge in [0.2, 0.25) is 5.82 Å². The summed E-state index contributed by atoms with van der Waals surface area (Å²) in [4.78, 5) is 25.2. The summed E-state index contributed by atoms with van der Waals surface area (Å²) in [7, 11) is 0.